The first-order valence-electron chi connectivity index (χ1n) is 8.27. The number of hydrogen-bond acceptors (Lipinski definition) is 5. The van der Waals surface area contributed by atoms with Crippen LogP contribution in [-0.2, 0) is 19.6 Å². The van der Waals surface area contributed by atoms with Gasteiger partial charge in [-0.25, -0.2) is 8.42 Å². The summed E-state index contributed by atoms with van der Waals surface area (Å²) in [5.74, 6) is -0.655. The molecule has 0 bridgehead atoms. The number of amides is 2. The minimum Gasteiger partial charge on any atom is -0.326 e. The van der Waals surface area contributed by atoms with Crippen molar-refractivity contribution in [1.29, 1.82) is 0 Å². The third kappa shape index (κ3) is 5.88. The van der Waals surface area contributed by atoms with Crippen LogP contribution in [0.5, 0.6) is 0 Å². The van der Waals surface area contributed by atoms with Gasteiger partial charge in [0.05, 0.1) is 6.04 Å². The van der Waals surface area contributed by atoms with Crippen LogP contribution in [0.25, 0.3) is 0 Å². The minimum atomic E-state index is -3.74. The fourth-order valence-corrected chi connectivity index (χ4v) is 4.22. The number of benzene rings is 1. The molecule has 9 heteroatoms. The summed E-state index contributed by atoms with van der Waals surface area (Å²) >= 11 is 1.07. The molecule has 0 fully saturated rings. The van der Waals surface area contributed by atoms with Crippen molar-refractivity contribution in [2.45, 2.75) is 37.9 Å². The van der Waals surface area contributed by atoms with Crippen LogP contribution in [0.3, 0.4) is 0 Å². The predicted molar refractivity (Wildman–Crippen MR) is 107 cm³/mol. The van der Waals surface area contributed by atoms with Gasteiger partial charge in [-0.1, -0.05) is 32.9 Å². The van der Waals surface area contributed by atoms with Crippen LogP contribution in [0.1, 0.15) is 27.7 Å². The summed E-state index contributed by atoms with van der Waals surface area (Å²) in [6.45, 7) is 6.87. The molecule has 146 valence electrons. The van der Waals surface area contributed by atoms with Crippen LogP contribution >= 0.6 is 11.3 Å². The van der Waals surface area contributed by atoms with Crippen molar-refractivity contribution in [1.82, 2.24) is 4.72 Å². The smallest absolute Gasteiger partial charge is 0.250 e. The van der Waals surface area contributed by atoms with Crippen molar-refractivity contribution in [3.05, 3.63) is 41.8 Å². The van der Waals surface area contributed by atoms with Crippen LogP contribution in [-0.4, -0.2) is 26.3 Å². The topological polar surface area (TPSA) is 104 Å². The Labute approximate surface area is 163 Å². The van der Waals surface area contributed by atoms with Crippen LogP contribution in [0, 0.1) is 5.41 Å². The van der Waals surface area contributed by atoms with Gasteiger partial charge in [-0.05, 0) is 36.6 Å². The van der Waals surface area contributed by atoms with Gasteiger partial charge in [-0.15, -0.1) is 11.3 Å². The Bertz CT molecular complexity index is 916. The number of carbonyl (C=O) groups excluding carboxylic acids is 2. The van der Waals surface area contributed by atoms with Gasteiger partial charge in [0.15, 0.2) is 0 Å². The molecule has 0 spiro atoms. The average Bonchev–Trinajstić information content (AvgIpc) is 3.09. The average molecular weight is 410 g/mol. The molecular formula is C18H23N3O4S2. The van der Waals surface area contributed by atoms with Crippen molar-refractivity contribution in [2.24, 2.45) is 5.41 Å². The van der Waals surface area contributed by atoms with Gasteiger partial charge in [0.25, 0.3) is 10.0 Å². The Morgan fingerprint density at radius 3 is 2.22 bits per heavy atom. The number of carbonyl (C=O) groups is 2. The Balaban J connectivity index is 2.03. The molecule has 2 aromatic rings. The highest BCUT2D eigenvalue weighted by Crippen LogP contribution is 2.20. The molecule has 1 aromatic carbocycles. The highest BCUT2D eigenvalue weighted by Gasteiger charge is 2.23. The maximum atomic E-state index is 12.3. The largest absolute Gasteiger partial charge is 0.326 e. The first kappa shape index (κ1) is 21.1. The standard InChI is InChI=1S/C18H23N3O4S2/c1-12(21-27(24,25)15-9-6-10-26-15)16(22)19-13-7-5-8-14(11-13)20-17(23)18(2,3)4/h5-12,21H,1-4H3,(H,19,22)(H,20,23). The molecule has 0 aliphatic rings. The normalized spacial score (nSPS) is 13.0. The number of nitrogens with one attached hydrogen (secondary N) is 3. The molecule has 1 atom stereocenters. The molecular weight excluding hydrogens is 386 g/mol. The number of sulfonamides is 1. The number of thiophene rings is 1. The van der Waals surface area contributed by atoms with Crippen LogP contribution in [0.2, 0.25) is 0 Å². The molecule has 0 aliphatic heterocycles. The van der Waals surface area contributed by atoms with Crippen molar-refractivity contribution >= 4 is 44.5 Å². The van der Waals surface area contributed by atoms with E-state index in [2.05, 4.69) is 15.4 Å². The van der Waals surface area contributed by atoms with Crippen molar-refractivity contribution < 1.29 is 18.0 Å². The van der Waals surface area contributed by atoms with E-state index in [9.17, 15) is 18.0 Å². The summed E-state index contributed by atoms with van der Waals surface area (Å²) in [4.78, 5) is 24.4. The maximum absolute atomic E-state index is 12.3. The van der Waals surface area contributed by atoms with E-state index in [0.717, 1.165) is 11.3 Å². The molecule has 2 amide bonds. The van der Waals surface area contributed by atoms with Crippen molar-refractivity contribution in [3.8, 4) is 0 Å². The third-order valence-electron chi connectivity index (χ3n) is 3.55. The fraction of sp³-hybridized carbons (Fsp3) is 0.333. The quantitative estimate of drug-likeness (QED) is 0.682. The lowest BCUT2D eigenvalue weighted by Gasteiger charge is -2.18. The molecule has 1 aromatic heterocycles. The van der Waals surface area contributed by atoms with Gasteiger partial charge >= 0.3 is 0 Å². The highest BCUT2D eigenvalue weighted by molar-refractivity contribution is 7.91. The third-order valence-corrected chi connectivity index (χ3v) is 6.49. The lowest BCUT2D eigenvalue weighted by Crippen LogP contribution is -2.41. The Morgan fingerprint density at radius 2 is 1.67 bits per heavy atom. The monoisotopic (exact) mass is 409 g/mol. The molecule has 0 saturated carbocycles. The summed E-state index contributed by atoms with van der Waals surface area (Å²) < 4.78 is 26.9. The van der Waals surface area contributed by atoms with E-state index in [0.29, 0.717) is 11.4 Å². The lowest BCUT2D eigenvalue weighted by molar-refractivity contribution is -0.123. The Hall–Kier alpha value is -2.23. The van der Waals surface area contributed by atoms with Gasteiger partial charge < -0.3 is 10.6 Å². The van der Waals surface area contributed by atoms with E-state index >= 15 is 0 Å². The van der Waals surface area contributed by atoms with E-state index < -0.39 is 27.4 Å². The van der Waals surface area contributed by atoms with E-state index in [1.165, 1.54) is 13.0 Å². The molecule has 27 heavy (non-hydrogen) atoms. The summed E-state index contributed by atoms with van der Waals surface area (Å²) in [5.41, 5.74) is 0.446. The molecule has 1 unspecified atom stereocenters. The van der Waals surface area contributed by atoms with Gasteiger partial charge in [0.2, 0.25) is 11.8 Å². The van der Waals surface area contributed by atoms with Gasteiger partial charge in [-0.2, -0.15) is 4.72 Å². The molecule has 2 rings (SSSR count). The predicted octanol–water partition coefficient (Wildman–Crippen LogP) is 3.04. The lowest BCUT2D eigenvalue weighted by atomic mass is 9.95. The zero-order valence-corrected chi connectivity index (χ0v) is 17.2. The maximum Gasteiger partial charge on any atom is 0.250 e. The van der Waals surface area contributed by atoms with Crippen LogP contribution in [0.4, 0.5) is 11.4 Å². The zero-order chi connectivity index (χ0) is 20.2. The molecule has 1 heterocycles. The number of anilines is 2. The molecule has 0 aliphatic carbocycles. The van der Waals surface area contributed by atoms with Crippen molar-refractivity contribution in [3.63, 3.8) is 0 Å². The Kier molecular flexibility index (Phi) is 6.40. The van der Waals surface area contributed by atoms with Gasteiger partial charge in [0.1, 0.15) is 4.21 Å². The van der Waals surface area contributed by atoms with Crippen LogP contribution in [0.15, 0.2) is 46.0 Å². The SMILES string of the molecule is CC(NS(=O)(=O)c1cccs1)C(=O)Nc1cccc(NC(=O)C(C)(C)C)c1. The van der Waals surface area contributed by atoms with E-state index in [1.54, 1.807) is 56.5 Å². The van der Waals surface area contributed by atoms with E-state index in [1.807, 2.05) is 0 Å². The summed E-state index contributed by atoms with van der Waals surface area (Å²) in [6, 6.07) is 8.80. The van der Waals surface area contributed by atoms with Crippen LogP contribution < -0.4 is 15.4 Å². The van der Waals surface area contributed by atoms with Crippen molar-refractivity contribution in [2.75, 3.05) is 10.6 Å². The fourth-order valence-electron chi connectivity index (χ4n) is 2.00. The van der Waals surface area contributed by atoms with Gasteiger partial charge in [-0.3, -0.25) is 9.59 Å². The van der Waals surface area contributed by atoms with E-state index in [4.69, 9.17) is 0 Å². The second kappa shape index (κ2) is 8.20. The first-order chi connectivity index (χ1) is 12.5. The zero-order valence-electron chi connectivity index (χ0n) is 15.6. The molecule has 0 radical (unpaired) electrons. The highest BCUT2D eigenvalue weighted by atomic mass is 32.2. The summed E-state index contributed by atoms with van der Waals surface area (Å²) in [5, 5.41) is 7.08. The summed E-state index contributed by atoms with van der Waals surface area (Å²) in [7, 11) is -3.74. The second-order valence-electron chi connectivity index (χ2n) is 7.05. The number of rotatable bonds is 6. The van der Waals surface area contributed by atoms with Gasteiger partial charge in [0, 0.05) is 16.8 Å². The molecule has 0 saturated heterocycles. The Morgan fingerprint density at radius 1 is 1.04 bits per heavy atom. The summed E-state index contributed by atoms with van der Waals surface area (Å²) in [6.07, 6.45) is 0. The number of hydrogen-bond donors (Lipinski definition) is 3. The minimum absolute atomic E-state index is 0.147. The molecule has 7 nitrogen and oxygen atoms in total. The molecule has 3 N–H and O–H groups in total. The first-order valence-corrected chi connectivity index (χ1v) is 10.6. The van der Waals surface area contributed by atoms with E-state index in [-0.39, 0.29) is 10.1 Å². The second-order valence-corrected chi connectivity index (χ2v) is 9.94.